The van der Waals surface area contributed by atoms with E-state index in [1.54, 1.807) is 5.56 Å². The number of hydrogen-bond acceptors (Lipinski definition) is 1. The van der Waals surface area contributed by atoms with Crippen molar-refractivity contribution in [2.75, 3.05) is 6.54 Å². The van der Waals surface area contributed by atoms with Crippen LogP contribution < -0.4 is 5.32 Å². The zero-order valence-electron chi connectivity index (χ0n) is 11.3. The Balaban J connectivity index is 1.40. The first-order valence-electron chi connectivity index (χ1n) is 7.71. The van der Waals surface area contributed by atoms with E-state index in [4.69, 9.17) is 0 Å². The highest BCUT2D eigenvalue weighted by Gasteiger charge is 2.23. The van der Waals surface area contributed by atoms with E-state index >= 15 is 0 Å². The zero-order valence-corrected chi connectivity index (χ0v) is 11.3. The summed E-state index contributed by atoms with van der Waals surface area (Å²) in [5.74, 6) is 1.89. The molecule has 0 aromatic heterocycles. The molecule has 2 fully saturated rings. The smallest absolute Gasteiger partial charge is 0.0205 e. The predicted molar refractivity (Wildman–Crippen MR) is 76.7 cm³/mol. The SMILES string of the molecule is c1cc(CNCCC2CCCC2)cc(C2CC2)c1. The summed E-state index contributed by atoms with van der Waals surface area (Å²) in [6.45, 7) is 2.24. The maximum atomic E-state index is 3.62. The molecule has 2 saturated carbocycles. The Morgan fingerprint density at radius 1 is 1.06 bits per heavy atom. The van der Waals surface area contributed by atoms with E-state index in [1.165, 1.54) is 57.1 Å². The van der Waals surface area contributed by atoms with E-state index in [1.807, 2.05) is 0 Å². The van der Waals surface area contributed by atoms with Gasteiger partial charge in [0, 0.05) is 6.54 Å². The Bertz CT molecular complexity index is 375. The summed E-state index contributed by atoms with van der Waals surface area (Å²) in [4.78, 5) is 0. The highest BCUT2D eigenvalue weighted by Crippen LogP contribution is 2.40. The molecule has 1 aromatic rings. The van der Waals surface area contributed by atoms with Crippen molar-refractivity contribution in [3.05, 3.63) is 35.4 Å². The minimum absolute atomic E-state index is 0.878. The van der Waals surface area contributed by atoms with Crippen molar-refractivity contribution in [3.8, 4) is 0 Å². The molecule has 0 spiro atoms. The molecule has 0 aliphatic heterocycles. The van der Waals surface area contributed by atoms with Gasteiger partial charge in [-0.15, -0.1) is 0 Å². The Morgan fingerprint density at radius 2 is 1.89 bits per heavy atom. The van der Waals surface area contributed by atoms with E-state index in [-0.39, 0.29) is 0 Å². The minimum Gasteiger partial charge on any atom is -0.313 e. The molecule has 0 saturated heterocycles. The van der Waals surface area contributed by atoms with Crippen molar-refractivity contribution in [3.63, 3.8) is 0 Å². The van der Waals surface area contributed by atoms with Crippen molar-refractivity contribution >= 4 is 0 Å². The summed E-state index contributed by atoms with van der Waals surface area (Å²) in [6, 6.07) is 9.18. The van der Waals surface area contributed by atoms with Gasteiger partial charge in [0.15, 0.2) is 0 Å². The Labute approximate surface area is 111 Å². The molecule has 18 heavy (non-hydrogen) atoms. The maximum Gasteiger partial charge on any atom is 0.0205 e. The van der Waals surface area contributed by atoms with Gasteiger partial charge in [0.1, 0.15) is 0 Å². The highest BCUT2D eigenvalue weighted by atomic mass is 14.8. The fourth-order valence-electron chi connectivity index (χ4n) is 3.21. The first-order valence-corrected chi connectivity index (χ1v) is 7.71. The molecular weight excluding hydrogens is 218 g/mol. The van der Waals surface area contributed by atoms with E-state index < -0.39 is 0 Å². The quantitative estimate of drug-likeness (QED) is 0.737. The van der Waals surface area contributed by atoms with Gasteiger partial charge in [0.25, 0.3) is 0 Å². The summed E-state index contributed by atoms with van der Waals surface area (Å²) in [5.41, 5.74) is 3.02. The lowest BCUT2D eigenvalue weighted by molar-refractivity contribution is 0.477. The van der Waals surface area contributed by atoms with E-state index in [2.05, 4.69) is 29.6 Å². The third kappa shape index (κ3) is 3.35. The molecule has 0 bridgehead atoms. The van der Waals surface area contributed by atoms with Crippen LogP contribution in [0.25, 0.3) is 0 Å². The van der Waals surface area contributed by atoms with Gasteiger partial charge in [-0.05, 0) is 48.8 Å². The van der Waals surface area contributed by atoms with Crippen LogP contribution >= 0.6 is 0 Å². The van der Waals surface area contributed by atoms with Crippen molar-refractivity contribution < 1.29 is 0 Å². The van der Waals surface area contributed by atoms with Gasteiger partial charge in [-0.3, -0.25) is 0 Å². The fourth-order valence-corrected chi connectivity index (χ4v) is 3.21. The summed E-state index contributed by atoms with van der Waals surface area (Å²) >= 11 is 0. The molecule has 1 nitrogen and oxygen atoms in total. The molecule has 3 rings (SSSR count). The lowest BCUT2D eigenvalue weighted by Crippen LogP contribution is -2.17. The van der Waals surface area contributed by atoms with Crippen LogP contribution in [-0.4, -0.2) is 6.54 Å². The number of rotatable bonds is 6. The second kappa shape index (κ2) is 5.88. The average molecular weight is 243 g/mol. The lowest BCUT2D eigenvalue weighted by Gasteiger charge is -2.10. The van der Waals surface area contributed by atoms with Crippen LogP contribution in [0.2, 0.25) is 0 Å². The van der Waals surface area contributed by atoms with Crippen LogP contribution in [0.15, 0.2) is 24.3 Å². The summed E-state index contributed by atoms with van der Waals surface area (Å²) in [6.07, 6.45) is 10.1. The third-order valence-corrected chi connectivity index (χ3v) is 4.53. The summed E-state index contributed by atoms with van der Waals surface area (Å²) in [7, 11) is 0. The van der Waals surface area contributed by atoms with Crippen molar-refractivity contribution in [1.29, 1.82) is 0 Å². The van der Waals surface area contributed by atoms with Crippen molar-refractivity contribution in [2.24, 2.45) is 5.92 Å². The molecule has 0 heterocycles. The Morgan fingerprint density at radius 3 is 2.67 bits per heavy atom. The fraction of sp³-hybridized carbons (Fsp3) is 0.647. The van der Waals surface area contributed by atoms with Gasteiger partial charge in [-0.25, -0.2) is 0 Å². The van der Waals surface area contributed by atoms with Gasteiger partial charge < -0.3 is 5.32 Å². The molecule has 0 radical (unpaired) electrons. The van der Waals surface area contributed by atoms with E-state index in [0.717, 1.165) is 18.4 Å². The van der Waals surface area contributed by atoms with Gasteiger partial charge >= 0.3 is 0 Å². The number of nitrogens with one attached hydrogen (secondary N) is 1. The minimum atomic E-state index is 0.878. The Kier molecular flexibility index (Phi) is 3.99. The molecule has 2 aliphatic carbocycles. The van der Waals surface area contributed by atoms with Crippen LogP contribution in [0.5, 0.6) is 0 Å². The van der Waals surface area contributed by atoms with Gasteiger partial charge in [-0.2, -0.15) is 0 Å². The molecule has 98 valence electrons. The predicted octanol–water partition coefficient (Wildman–Crippen LogP) is 4.23. The Hall–Kier alpha value is -0.820. The second-order valence-corrected chi connectivity index (χ2v) is 6.14. The van der Waals surface area contributed by atoms with Gasteiger partial charge in [0.05, 0.1) is 0 Å². The molecule has 0 amide bonds. The monoisotopic (exact) mass is 243 g/mol. The molecular formula is C17H25N. The molecule has 1 heteroatoms. The topological polar surface area (TPSA) is 12.0 Å². The van der Waals surface area contributed by atoms with Crippen LogP contribution in [0.3, 0.4) is 0 Å². The number of benzene rings is 1. The van der Waals surface area contributed by atoms with Crippen LogP contribution in [0.4, 0.5) is 0 Å². The average Bonchev–Trinajstić information content (AvgIpc) is 3.13. The lowest BCUT2D eigenvalue weighted by atomic mass is 10.0. The third-order valence-electron chi connectivity index (χ3n) is 4.53. The van der Waals surface area contributed by atoms with Crippen LogP contribution in [0, 0.1) is 5.92 Å². The highest BCUT2D eigenvalue weighted by molar-refractivity contribution is 5.29. The van der Waals surface area contributed by atoms with Gasteiger partial charge in [0.2, 0.25) is 0 Å². The molecule has 0 atom stereocenters. The molecule has 1 aromatic carbocycles. The van der Waals surface area contributed by atoms with Gasteiger partial charge in [-0.1, -0.05) is 49.9 Å². The maximum absolute atomic E-state index is 3.62. The summed E-state index contributed by atoms with van der Waals surface area (Å²) in [5, 5.41) is 3.62. The van der Waals surface area contributed by atoms with Crippen molar-refractivity contribution in [1.82, 2.24) is 5.32 Å². The normalized spacial score (nSPS) is 20.4. The molecule has 0 unspecified atom stereocenters. The van der Waals surface area contributed by atoms with Crippen molar-refractivity contribution in [2.45, 2.75) is 57.4 Å². The van der Waals surface area contributed by atoms with Crippen LogP contribution in [-0.2, 0) is 6.54 Å². The summed E-state index contributed by atoms with van der Waals surface area (Å²) < 4.78 is 0. The first-order chi connectivity index (χ1) is 8.92. The zero-order chi connectivity index (χ0) is 12.2. The molecule has 1 N–H and O–H groups in total. The second-order valence-electron chi connectivity index (χ2n) is 6.14. The van der Waals surface area contributed by atoms with E-state index in [9.17, 15) is 0 Å². The van der Waals surface area contributed by atoms with E-state index in [0.29, 0.717) is 0 Å². The molecule has 2 aliphatic rings. The standard InChI is InChI=1S/C17H25N/c1-2-5-14(4-1)10-11-18-13-15-6-3-7-17(12-15)16-8-9-16/h3,6-7,12,14,16,18H,1-2,4-5,8-11,13H2. The first kappa shape index (κ1) is 12.2. The van der Waals surface area contributed by atoms with Crippen LogP contribution in [0.1, 0.15) is 62.0 Å². The largest absolute Gasteiger partial charge is 0.313 e. The number of hydrogen-bond donors (Lipinski definition) is 1.